The molecule has 0 unspecified atom stereocenters. The van der Waals surface area contributed by atoms with E-state index in [0.29, 0.717) is 135 Å². The number of ether oxygens (including phenoxy) is 8. The van der Waals surface area contributed by atoms with Gasteiger partial charge in [-0.2, -0.15) is 13.2 Å². The number of phenols is 4. The maximum Gasteiger partial charge on any atom is 0.417 e. The molecule has 16 aromatic rings. The molecule has 29 heteroatoms. The van der Waals surface area contributed by atoms with E-state index >= 15 is 0 Å². The Morgan fingerprint density at radius 2 is 0.630 bits per heavy atom. The minimum absolute atomic E-state index is 0.0162. The number of likely N-dealkylation sites (tertiary alicyclic amines) is 4. The van der Waals surface area contributed by atoms with Gasteiger partial charge in [-0.1, -0.05) is 93.4 Å². The fourth-order valence-electron chi connectivity index (χ4n) is 18.4. The van der Waals surface area contributed by atoms with E-state index in [1.54, 1.807) is 122 Å². The molecule has 0 radical (unpaired) electrons. The summed E-state index contributed by atoms with van der Waals surface area (Å²) in [6, 6.07) is 68.6. The van der Waals surface area contributed by atoms with Gasteiger partial charge in [0, 0.05) is 120 Å². The molecule has 0 aliphatic carbocycles. The van der Waals surface area contributed by atoms with Crippen molar-refractivity contribution < 1.29 is 95.1 Å². The number of benzene rings is 12. The normalized spacial score (nSPS) is 16.0. The molecule has 4 fully saturated rings. The molecule has 8 heterocycles. The van der Waals surface area contributed by atoms with E-state index in [9.17, 15) is 57.2 Å². The summed E-state index contributed by atoms with van der Waals surface area (Å²) < 4.78 is 106. The number of rotatable bonds is 32. The zero-order valence-electron chi connectivity index (χ0n) is 82.1. The molecule has 4 aliphatic heterocycles. The Kier molecular flexibility index (Phi) is 33.5. The number of nitrogens with zero attached hydrogens (tertiary/aromatic N) is 4. The van der Waals surface area contributed by atoms with Crippen LogP contribution >= 0.6 is 56.9 Å². The van der Waals surface area contributed by atoms with Gasteiger partial charge in [0.25, 0.3) is 0 Å². The van der Waals surface area contributed by atoms with Crippen LogP contribution in [0.4, 0.5) is 17.6 Å². The number of ketones is 4. The first-order valence-electron chi connectivity index (χ1n) is 48.8. The maximum atomic E-state index is 13.9. The van der Waals surface area contributed by atoms with Crippen molar-refractivity contribution >= 4 is 120 Å². The van der Waals surface area contributed by atoms with Gasteiger partial charge >= 0.3 is 6.18 Å². The van der Waals surface area contributed by atoms with E-state index in [1.807, 2.05) is 106 Å². The zero-order chi connectivity index (χ0) is 103. The van der Waals surface area contributed by atoms with Crippen LogP contribution in [0.5, 0.6) is 92.0 Å². The van der Waals surface area contributed by atoms with Gasteiger partial charge in [-0.25, -0.2) is 4.39 Å². The van der Waals surface area contributed by atoms with Crippen molar-refractivity contribution in [3.8, 4) is 92.0 Å². The Morgan fingerprint density at radius 3 is 0.938 bits per heavy atom. The third-order valence-electron chi connectivity index (χ3n) is 26.2. The molecule has 0 bridgehead atoms. The standard InChI is InChI=1S/C30H31NO4S.C29H28ClNO4S.C29H26F3NO4S.C29H28FNO4S/c1-19-4-10-25(21(3)16-19)28(33)30-29(26-11-5-22(32)17-27(26)36-30)35-24-8-6-23(7-9-24)34-15-14-31-13-12-20(2)18-31;1-18-11-12-31(17-18)13-14-34-22-6-8-23(9-7-22)35-28-24-10-5-21(32)16-26(24)36-29(28)27(33)25-15-20(30)4-3-19(25)2;1-18-12-13-33(17-18)14-15-36-20-7-9-21(10-8-20)37-27-23-11-6-19(34)16-25(23)38-28(27)26(35)22-4-2-3-5-24(22)29(30,31)32;1-18-11-12-31(17-18)13-14-34-22-6-8-23(9-7-22)35-28-24-10-5-21(32)16-26(24)36-29(28)27(33)25-15-20(30)4-3-19(25)2/h4-11,16-17,20,32H,12-15,18H2,1-3H3;3-10,15-16,18,32H,11-14,17H2,1-2H3;2-11,16,18,34H,12-15,17H2,1H3;3-10,15-16,18,32H,11-14,17H2,1-2H3/t20-;3*18-/m0000/s1. The Labute approximate surface area is 866 Å². The van der Waals surface area contributed by atoms with Crippen LogP contribution in [0.1, 0.15) is 142 Å². The summed E-state index contributed by atoms with van der Waals surface area (Å²) in [7, 11) is 0. The number of hydrogen-bond acceptors (Lipinski definition) is 24. The van der Waals surface area contributed by atoms with Crippen LogP contribution in [0.25, 0.3) is 40.3 Å². The van der Waals surface area contributed by atoms with Crippen molar-refractivity contribution in [2.45, 2.75) is 87.2 Å². The third-order valence-corrected chi connectivity index (χ3v) is 31.0. The molecule has 4 saturated heterocycles. The number of alkyl halides is 3. The molecular weight excluding hydrogens is 1960 g/mol. The van der Waals surface area contributed by atoms with Gasteiger partial charge in [-0.15, -0.1) is 45.3 Å². The molecule has 4 N–H and O–H groups in total. The van der Waals surface area contributed by atoms with Crippen LogP contribution in [0.3, 0.4) is 0 Å². The molecule has 20 rings (SSSR count). The fraction of sp³-hybridized carbons (Fsp3) is 0.282. The quantitative estimate of drug-likeness (QED) is 0.0226. The number of hydrogen-bond donors (Lipinski definition) is 4. The minimum atomic E-state index is -4.69. The van der Waals surface area contributed by atoms with Crippen molar-refractivity contribution in [2.75, 3.05) is 105 Å². The maximum absolute atomic E-state index is 13.9. The van der Waals surface area contributed by atoms with E-state index in [-0.39, 0.29) is 56.5 Å². The third kappa shape index (κ3) is 26.0. The summed E-state index contributed by atoms with van der Waals surface area (Å²) in [5.41, 5.74) is 3.54. The highest BCUT2D eigenvalue weighted by Gasteiger charge is 2.38. The average molecular weight is 2070 g/mol. The van der Waals surface area contributed by atoms with Crippen molar-refractivity contribution in [3.63, 3.8) is 0 Å². The Balaban J connectivity index is 0.000000133. The molecule has 12 aromatic carbocycles. The molecule has 146 heavy (non-hydrogen) atoms. The smallest absolute Gasteiger partial charge is 0.417 e. The molecule has 756 valence electrons. The highest BCUT2D eigenvalue weighted by atomic mass is 35.5. The lowest BCUT2D eigenvalue weighted by atomic mass is 10.0. The van der Waals surface area contributed by atoms with Gasteiger partial charge in [0.15, 0.2) is 23.0 Å². The van der Waals surface area contributed by atoms with Crippen molar-refractivity contribution in [1.29, 1.82) is 0 Å². The second-order valence-corrected chi connectivity index (χ2v) is 42.5. The van der Waals surface area contributed by atoms with E-state index in [1.165, 1.54) is 96.1 Å². The zero-order valence-corrected chi connectivity index (χ0v) is 86.1. The molecule has 0 amide bonds. The van der Waals surface area contributed by atoms with Gasteiger partial charge in [0.1, 0.15) is 121 Å². The molecule has 4 aliphatic rings. The van der Waals surface area contributed by atoms with Crippen LogP contribution < -0.4 is 37.9 Å². The number of phenolic OH excluding ortho intramolecular Hbond substituents is 4. The Hall–Kier alpha value is -13.4. The summed E-state index contributed by atoms with van der Waals surface area (Å²) in [5.74, 6) is 8.19. The predicted octanol–water partition coefficient (Wildman–Crippen LogP) is 28.4. The first-order valence-corrected chi connectivity index (χ1v) is 52.4. The topological polar surface area (TPSA) is 236 Å². The number of carbonyl (C=O) groups excluding carboxylic acids is 4. The number of aryl methyl sites for hydroxylation is 4. The predicted molar refractivity (Wildman–Crippen MR) is 571 cm³/mol. The van der Waals surface area contributed by atoms with Gasteiger partial charge in [0.2, 0.25) is 23.1 Å². The van der Waals surface area contributed by atoms with E-state index in [0.717, 1.165) is 174 Å². The lowest BCUT2D eigenvalue weighted by Crippen LogP contribution is -2.25. The summed E-state index contributed by atoms with van der Waals surface area (Å²) in [5, 5.41) is 43.1. The fourth-order valence-corrected chi connectivity index (χ4v) is 23.0. The highest BCUT2D eigenvalue weighted by molar-refractivity contribution is 7.22. The van der Waals surface area contributed by atoms with Gasteiger partial charge < -0.3 is 58.3 Å². The number of carbonyl (C=O) groups is 4. The molecule has 20 nitrogen and oxygen atoms in total. The average Bonchev–Trinajstić information content (AvgIpc) is 1.60. The second kappa shape index (κ2) is 47.0. The van der Waals surface area contributed by atoms with Crippen molar-refractivity contribution in [3.05, 3.63) is 329 Å². The van der Waals surface area contributed by atoms with Crippen molar-refractivity contribution in [2.24, 2.45) is 23.7 Å². The van der Waals surface area contributed by atoms with Crippen LogP contribution in [0, 0.1) is 57.2 Å². The second-order valence-electron chi connectivity index (χ2n) is 37.8. The first-order chi connectivity index (χ1) is 70.3. The number of aromatic hydroxyl groups is 4. The van der Waals surface area contributed by atoms with Crippen LogP contribution in [0.15, 0.2) is 249 Å². The summed E-state index contributed by atoms with van der Waals surface area (Å²) >= 11 is 11.0. The van der Waals surface area contributed by atoms with Crippen LogP contribution in [0.2, 0.25) is 5.02 Å². The molecule has 4 aromatic heterocycles. The first kappa shape index (κ1) is 104. The Bertz CT molecular complexity index is 7160. The van der Waals surface area contributed by atoms with Crippen molar-refractivity contribution in [1.82, 2.24) is 19.6 Å². The Morgan fingerprint density at radius 1 is 0.336 bits per heavy atom. The van der Waals surface area contributed by atoms with Crippen LogP contribution in [-0.2, 0) is 6.18 Å². The van der Waals surface area contributed by atoms with Gasteiger partial charge in [-0.3, -0.25) is 38.8 Å². The molecule has 0 saturated carbocycles. The van der Waals surface area contributed by atoms with E-state index < -0.39 is 28.9 Å². The summed E-state index contributed by atoms with van der Waals surface area (Å²) in [6.45, 7) is 31.8. The lowest BCUT2D eigenvalue weighted by molar-refractivity contribution is -0.137. The van der Waals surface area contributed by atoms with Gasteiger partial charge in [-0.05, 0) is 320 Å². The monoisotopic (exact) mass is 2070 g/mol. The minimum Gasteiger partial charge on any atom is -0.508 e. The number of fused-ring (bicyclic) bond motifs is 4. The SMILES string of the molecule is C[C@H]1CCN(CCOc2ccc(Oc3c(C(=O)c4ccccc4C(F)(F)F)sc4cc(O)ccc34)cc2)C1.Cc1ccc(C(=O)c2sc3cc(O)ccc3c2Oc2ccc(OCCN3CC[C@H](C)C3)cc2)c(C)c1.Cc1ccc(Cl)cc1C(=O)c1sc2cc(O)ccc2c1Oc1ccc(OCCN2CC[C@H](C)C2)cc1.Cc1ccc(F)cc1C(=O)c1sc2cc(O)ccc2c1Oc1ccc(OCCN2CC[C@H](C)C2)cc1. The number of halogens is 5. The van der Waals surface area contributed by atoms with E-state index in [2.05, 4.69) is 47.3 Å². The summed E-state index contributed by atoms with van der Waals surface area (Å²) in [6.07, 6.45) is 0.271. The molecular formula is C117H113ClF4N4O16S4. The largest absolute Gasteiger partial charge is 0.508 e. The number of thiophene rings is 4. The highest BCUT2D eigenvalue weighted by Crippen LogP contribution is 2.50. The molecule has 4 atom stereocenters. The molecule has 0 spiro atoms. The van der Waals surface area contributed by atoms with Crippen LogP contribution in [-0.4, -0.2) is 168 Å². The van der Waals surface area contributed by atoms with Gasteiger partial charge in [0.05, 0.1) is 5.56 Å². The lowest BCUT2D eigenvalue weighted by Gasteiger charge is -2.15. The van der Waals surface area contributed by atoms with E-state index in [4.69, 9.17) is 49.5 Å². The summed E-state index contributed by atoms with van der Waals surface area (Å²) in [4.78, 5) is 65.1.